The summed E-state index contributed by atoms with van der Waals surface area (Å²) < 4.78 is 11.3. The summed E-state index contributed by atoms with van der Waals surface area (Å²) in [6.07, 6.45) is 0. The van der Waals surface area contributed by atoms with Crippen LogP contribution in [-0.4, -0.2) is 18.0 Å². The van der Waals surface area contributed by atoms with Crippen LogP contribution in [0.1, 0.15) is 30.2 Å². The first kappa shape index (κ1) is 19.8. The molecule has 0 saturated heterocycles. The van der Waals surface area contributed by atoms with Crippen molar-refractivity contribution >= 4 is 29.1 Å². The number of halogens is 1. The molecule has 138 valence electrons. The number of fused-ring (bicyclic) bond motifs is 1. The highest BCUT2D eigenvalue weighted by molar-refractivity contribution is 5.91. The van der Waals surface area contributed by atoms with Crippen molar-refractivity contribution in [3.05, 3.63) is 66.1 Å². The van der Waals surface area contributed by atoms with Crippen molar-refractivity contribution in [2.24, 2.45) is 5.73 Å². The molecule has 0 radical (unpaired) electrons. The maximum Gasteiger partial charge on any atom is 0.287 e. The molecule has 3 rings (SSSR count). The number of carbonyl (C=O) groups is 1. The summed E-state index contributed by atoms with van der Waals surface area (Å²) in [6, 6.07) is 17.4. The van der Waals surface area contributed by atoms with E-state index < -0.39 is 5.54 Å². The van der Waals surface area contributed by atoms with Gasteiger partial charge < -0.3 is 20.2 Å². The number of carbonyl (C=O) groups excluding carboxylic acids is 1. The summed E-state index contributed by atoms with van der Waals surface area (Å²) >= 11 is 0. The molecule has 5 nitrogen and oxygen atoms in total. The van der Waals surface area contributed by atoms with Crippen molar-refractivity contribution in [3.8, 4) is 5.75 Å². The Bertz CT molecular complexity index is 884. The maximum atomic E-state index is 12.0. The molecular weight excluding hydrogens is 352 g/mol. The minimum Gasteiger partial charge on any atom is -0.486 e. The van der Waals surface area contributed by atoms with Gasteiger partial charge in [-0.1, -0.05) is 30.3 Å². The van der Waals surface area contributed by atoms with Gasteiger partial charge in [0.25, 0.3) is 5.91 Å². The van der Waals surface area contributed by atoms with E-state index in [1.807, 2.05) is 50.2 Å². The lowest BCUT2D eigenvalue weighted by Crippen LogP contribution is -2.45. The summed E-state index contributed by atoms with van der Waals surface area (Å²) in [5, 5.41) is 5.02. The zero-order chi connectivity index (χ0) is 17.9. The second-order valence-corrected chi connectivity index (χ2v) is 6.73. The zero-order valence-corrected chi connectivity index (χ0v) is 15.6. The molecule has 1 amide bonds. The quantitative estimate of drug-likeness (QED) is 0.686. The average Bonchev–Trinajstić information content (AvgIpc) is 3.06. The monoisotopic (exact) mass is 374 g/mol. The molecule has 2 aromatic carbocycles. The van der Waals surface area contributed by atoms with Gasteiger partial charge in [-0.2, -0.15) is 0 Å². The van der Waals surface area contributed by atoms with Gasteiger partial charge in [0.2, 0.25) is 0 Å². The van der Waals surface area contributed by atoms with E-state index in [1.54, 1.807) is 12.1 Å². The molecule has 3 N–H and O–H groups in total. The molecule has 0 saturated carbocycles. The molecule has 6 heteroatoms. The van der Waals surface area contributed by atoms with Gasteiger partial charge in [-0.25, -0.2) is 0 Å². The average molecular weight is 375 g/mol. The van der Waals surface area contributed by atoms with Crippen LogP contribution in [0.3, 0.4) is 0 Å². The first-order chi connectivity index (χ1) is 11.9. The van der Waals surface area contributed by atoms with Crippen molar-refractivity contribution in [1.29, 1.82) is 0 Å². The standard InChI is InChI=1S/C20H22N2O3.ClH/c1-20(2,21)13-22-19(23)18-10-9-17(25-18)12-24-16-8-7-14-5-3-4-6-15(14)11-16;/h3-11H,12-13,21H2,1-2H3,(H,22,23);1H. The summed E-state index contributed by atoms with van der Waals surface area (Å²) in [6.45, 7) is 4.32. The number of ether oxygens (including phenoxy) is 1. The molecule has 0 aliphatic carbocycles. The molecule has 1 aromatic heterocycles. The first-order valence-corrected chi connectivity index (χ1v) is 8.18. The van der Waals surface area contributed by atoms with Crippen molar-refractivity contribution < 1.29 is 13.9 Å². The van der Waals surface area contributed by atoms with Gasteiger partial charge in [0.1, 0.15) is 18.1 Å². The zero-order valence-electron chi connectivity index (χ0n) is 14.8. The molecular formula is C20H23ClN2O3. The SMILES string of the molecule is CC(C)(N)CNC(=O)c1ccc(COc2ccc3ccccc3c2)o1.Cl. The highest BCUT2D eigenvalue weighted by Gasteiger charge is 2.16. The number of nitrogens with two attached hydrogens (primary N) is 1. The van der Waals surface area contributed by atoms with Crippen LogP contribution in [0, 0.1) is 0 Å². The van der Waals surface area contributed by atoms with Crippen LogP contribution < -0.4 is 15.8 Å². The molecule has 1 heterocycles. The predicted molar refractivity (Wildman–Crippen MR) is 105 cm³/mol. The van der Waals surface area contributed by atoms with Crippen LogP contribution in [0.4, 0.5) is 0 Å². The van der Waals surface area contributed by atoms with E-state index in [9.17, 15) is 4.79 Å². The smallest absolute Gasteiger partial charge is 0.287 e. The highest BCUT2D eigenvalue weighted by Crippen LogP contribution is 2.21. The van der Waals surface area contributed by atoms with E-state index >= 15 is 0 Å². The second kappa shape index (κ2) is 8.25. The Morgan fingerprint density at radius 3 is 2.58 bits per heavy atom. The largest absolute Gasteiger partial charge is 0.486 e. The Morgan fingerprint density at radius 2 is 1.85 bits per heavy atom. The normalized spacial score (nSPS) is 11.0. The Kier molecular flexibility index (Phi) is 6.29. The lowest BCUT2D eigenvalue weighted by Gasteiger charge is -2.18. The van der Waals surface area contributed by atoms with Gasteiger partial charge in [0.15, 0.2) is 5.76 Å². The fourth-order valence-electron chi connectivity index (χ4n) is 2.38. The van der Waals surface area contributed by atoms with Crippen molar-refractivity contribution in [2.45, 2.75) is 26.0 Å². The fourth-order valence-corrected chi connectivity index (χ4v) is 2.38. The van der Waals surface area contributed by atoms with Crippen molar-refractivity contribution in [2.75, 3.05) is 6.54 Å². The second-order valence-electron chi connectivity index (χ2n) is 6.73. The minimum atomic E-state index is -0.468. The predicted octanol–water partition coefficient (Wildman–Crippen LogP) is 3.90. The Morgan fingerprint density at radius 1 is 1.12 bits per heavy atom. The number of rotatable bonds is 6. The third-order valence-corrected chi connectivity index (χ3v) is 3.69. The van der Waals surface area contributed by atoms with E-state index in [4.69, 9.17) is 14.9 Å². The molecule has 0 bridgehead atoms. The third kappa shape index (κ3) is 5.25. The number of amides is 1. The van der Waals surface area contributed by atoms with Crippen LogP contribution in [0.25, 0.3) is 10.8 Å². The van der Waals surface area contributed by atoms with Crippen LogP contribution in [0.15, 0.2) is 59.0 Å². The van der Waals surface area contributed by atoms with E-state index in [2.05, 4.69) is 11.4 Å². The van der Waals surface area contributed by atoms with Gasteiger partial charge >= 0.3 is 0 Å². The van der Waals surface area contributed by atoms with Crippen molar-refractivity contribution in [1.82, 2.24) is 5.32 Å². The van der Waals surface area contributed by atoms with Gasteiger partial charge in [-0.15, -0.1) is 12.4 Å². The highest BCUT2D eigenvalue weighted by atomic mass is 35.5. The lowest BCUT2D eigenvalue weighted by atomic mass is 10.1. The fraction of sp³-hybridized carbons (Fsp3) is 0.250. The minimum absolute atomic E-state index is 0. The molecule has 0 atom stereocenters. The van der Waals surface area contributed by atoms with Gasteiger partial charge in [0, 0.05) is 12.1 Å². The maximum absolute atomic E-state index is 12.0. The van der Waals surface area contributed by atoms with E-state index in [-0.39, 0.29) is 30.7 Å². The number of furan rings is 1. The van der Waals surface area contributed by atoms with Gasteiger partial charge in [-0.3, -0.25) is 4.79 Å². The topological polar surface area (TPSA) is 77.5 Å². The Labute approximate surface area is 158 Å². The van der Waals surface area contributed by atoms with Crippen LogP contribution >= 0.6 is 12.4 Å². The molecule has 0 fully saturated rings. The van der Waals surface area contributed by atoms with Gasteiger partial charge in [-0.05, 0) is 48.9 Å². The summed E-state index contributed by atoms with van der Waals surface area (Å²) in [5.41, 5.74) is 5.39. The number of benzene rings is 2. The molecule has 0 spiro atoms. The van der Waals surface area contributed by atoms with E-state index in [0.717, 1.165) is 16.5 Å². The summed E-state index contributed by atoms with van der Waals surface area (Å²) in [7, 11) is 0. The molecule has 0 aliphatic heterocycles. The third-order valence-electron chi connectivity index (χ3n) is 3.69. The van der Waals surface area contributed by atoms with Crippen LogP contribution in [0.5, 0.6) is 5.75 Å². The first-order valence-electron chi connectivity index (χ1n) is 8.18. The van der Waals surface area contributed by atoms with Crippen LogP contribution in [-0.2, 0) is 6.61 Å². The molecule has 26 heavy (non-hydrogen) atoms. The summed E-state index contributed by atoms with van der Waals surface area (Å²) in [4.78, 5) is 12.0. The summed E-state index contributed by atoms with van der Waals surface area (Å²) in [5.74, 6) is 1.31. The Hall–Kier alpha value is -2.50. The van der Waals surface area contributed by atoms with Crippen molar-refractivity contribution in [3.63, 3.8) is 0 Å². The van der Waals surface area contributed by atoms with Gasteiger partial charge in [0.05, 0.1) is 0 Å². The Balaban J connectivity index is 0.00000243. The van der Waals surface area contributed by atoms with Crippen LogP contribution in [0.2, 0.25) is 0 Å². The lowest BCUT2D eigenvalue weighted by molar-refractivity contribution is 0.0914. The number of nitrogens with one attached hydrogen (secondary N) is 1. The van der Waals surface area contributed by atoms with E-state index in [0.29, 0.717) is 12.3 Å². The number of hydrogen-bond acceptors (Lipinski definition) is 4. The van der Waals surface area contributed by atoms with E-state index in [1.165, 1.54) is 0 Å². The molecule has 0 aliphatic rings. The number of hydrogen-bond donors (Lipinski definition) is 2. The molecule has 3 aromatic rings. The molecule has 0 unspecified atom stereocenters.